The molecule has 5 nitrogen and oxygen atoms in total. The Labute approximate surface area is 112 Å². The lowest BCUT2D eigenvalue weighted by atomic mass is 9.96. The number of primary amides is 1. The standard InChI is InChI=1S/C14H20N2O3/c1-3-11-9(2)8-12(19-11)14(18)16-6-4-10(5-7-16)13(15)17/h8,10H,3-7H2,1-2H3,(H2,15,17). The molecule has 1 aromatic heterocycles. The Morgan fingerprint density at radius 3 is 2.53 bits per heavy atom. The summed E-state index contributed by atoms with van der Waals surface area (Å²) in [6.45, 7) is 5.07. The number of likely N-dealkylation sites (tertiary alicyclic amines) is 1. The van der Waals surface area contributed by atoms with Crippen LogP contribution in [0.15, 0.2) is 10.5 Å². The van der Waals surface area contributed by atoms with Gasteiger partial charge >= 0.3 is 0 Å². The maximum absolute atomic E-state index is 12.3. The first-order chi connectivity index (χ1) is 9.02. The zero-order valence-electron chi connectivity index (χ0n) is 11.4. The predicted octanol–water partition coefficient (Wildman–Crippen LogP) is 1.49. The van der Waals surface area contributed by atoms with E-state index in [0.717, 1.165) is 17.7 Å². The normalized spacial score (nSPS) is 16.6. The lowest BCUT2D eigenvalue weighted by Crippen LogP contribution is -2.41. The molecule has 0 aromatic carbocycles. The molecule has 0 bridgehead atoms. The monoisotopic (exact) mass is 264 g/mol. The topological polar surface area (TPSA) is 76.5 Å². The highest BCUT2D eigenvalue weighted by Crippen LogP contribution is 2.21. The number of furan rings is 1. The molecule has 0 unspecified atom stereocenters. The minimum atomic E-state index is -0.269. The Morgan fingerprint density at radius 2 is 2.05 bits per heavy atom. The number of hydrogen-bond acceptors (Lipinski definition) is 3. The van der Waals surface area contributed by atoms with Crippen LogP contribution < -0.4 is 5.73 Å². The second kappa shape index (κ2) is 5.47. The van der Waals surface area contributed by atoms with Crippen molar-refractivity contribution in [3.05, 3.63) is 23.2 Å². The Hall–Kier alpha value is -1.78. The van der Waals surface area contributed by atoms with Crippen LogP contribution in [0.5, 0.6) is 0 Å². The third-order valence-electron chi connectivity index (χ3n) is 3.74. The van der Waals surface area contributed by atoms with Crippen molar-refractivity contribution in [3.8, 4) is 0 Å². The van der Waals surface area contributed by atoms with Crippen molar-refractivity contribution in [2.24, 2.45) is 11.7 Å². The molecule has 5 heteroatoms. The average Bonchev–Trinajstić information content (AvgIpc) is 2.79. The van der Waals surface area contributed by atoms with Gasteiger partial charge in [-0.3, -0.25) is 9.59 Å². The summed E-state index contributed by atoms with van der Waals surface area (Å²) in [5, 5.41) is 0. The molecule has 2 amide bonds. The quantitative estimate of drug-likeness (QED) is 0.898. The van der Waals surface area contributed by atoms with Crippen molar-refractivity contribution in [1.82, 2.24) is 4.90 Å². The predicted molar refractivity (Wildman–Crippen MR) is 70.6 cm³/mol. The van der Waals surface area contributed by atoms with E-state index in [9.17, 15) is 9.59 Å². The lowest BCUT2D eigenvalue weighted by molar-refractivity contribution is -0.123. The van der Waals surface area contributed by atoms with Gasteiger partial charge in [0, 0.05) is 25.4 Å². The van der Waals surface area contributed by atoms with E-state index in [1.54, 1.807) is 11.0 Å². The first-order valence-corrected chi connectivity index (χ1v) is 6.70. The third-order valence-corrected chi connectivity index (χ3v) is 3.74. The molecule has 1 aliphatic heterocycles. The van der Waals surface area contributed by atoms with E-state index in [0.29, 0.717) is 31.7 Å². The molecule has 19 heavy (non-hydrogen) atoms. The number of hydrogen-bond donors (Lipinski definition) is 1. The smallest absolute Gasteiger partial charge is 0.289 e. The van der Waals surface area contributed by atoms with Crippen molar-refractivity contribution in [1.29, 1.82) is 0 Å². The average molecular weight is 264 g/mol. The van der Waals surface area contributed by atoms with Crippen molar-refractivity contribution >= 4 is 11.8 Å². The number of nitrogens with two attached hydrogens (primary N) is 1. The summed E-state index contributed by atoms with van der Waals surface area (Å²) in [5.74, 6) is 0.788. The first kappa shape index (κ1) is 13.6. The summed E-state index contributed by atoms with van der Waals surface area (Å²) in [7, 11) is 0. The number of piperidine rings is 1. The zero-order valence-corrected chi connectivity index (χ0v) is 11.4. The fourth-order valence-corrected chi connectivity index (χ4v) is 2.50. The van der Waals surface area contributed by atoms with E-state index < -0.39 is 0 Å². The van der Waals surface area contributed by atoms with Gasteiger partial charge in [0.15, 0.2) is 5.76 Å². The third kappa shape index (κ3) is 2.80. The minimum Gasteiger partial charge on any atom is -0.456 e. The molecular formula is C14H20N2O3. The highest BCUT2D eigenvalue weighted by Gasteiger charge is 2.28. The number of amides is 2. The molecule has 0 spiro atoms. The fraction of sp³-hybridized carbons (Fsp3) is 0.571. The summed E-state index contributed by atoms with van der Waals surface area (Å²) >= 11 is 0. The van der Waals surface area contributed by atoms with Gasteiger partial charge in [0.2, 0.25) is 5.91 Å². The Morgan fingerprint density at radius 1 is 1.42 bits per heavy atom. The van der Waals surface area contributed by atoms with Gasteiger partial charge in [-0.25, -0.2) is 0 Å². The molecule has 1 aliphatic rings. The van der Waals surface area contributed by atoms with Crippen molar-refractivity contribution in [2.45, 2.75) is 33.1 Å². The molecule has 104 valence electrons. The van der Waals surface area contributed by atoms with E-state index in [1.165, 1.54) is 0 Å². The van der Waals surface area contributed by atoms with E-state index in [4.69, 9.17) is 10.2 Å². The van der Waals surface area contributed by atoms with Crippen LogP contribution in [0.2, 0.25) is 0 Å². The second-order valence-electron chi connectivity index (χ2n) is 5.04. The van der Waals surface area contributed by atoms with Gasteiger partial charge < -0.3 is 15.1 Å². The number of aryl methyl sites for hydroxylation is 2. The van der Waals surface area contributed by atoms with Gasteiger partial charge in [0.1, 0.15) is 5.76 Å². The number of carbonyl (C=O) groups is 2. The van der Waals surface area contributed by atoms with E-state index in [-0.39, 0.29) is 17.7 Å². The fourth-order valence-electron chi connectivity index (χ4n) is 2.50. The largest absolute Gasteiger partial charge is 0.456 e. The van der Waals surface area contributed by atoms with E-state index in [2.05, 4.69) is 0 Å². The number of carbonyl (C=O) groups excluding carboxylic acids is 2. The molecule has 2 N–H and O–H groups in total. The molecule has 1 fully saturated rings. The van der Waals surface area contributed by atoms with Crippen LogP contribution in [0.3, 0.4) is 0 Å². The van der Waals surface area contributed by atoms with Crippen LogP contribution in [-0.2, 0) is 11.2 Å². The van der Waals surface area contributed by atoms with Crippen LogP contribution >= 0.6 is 0 Å². The van der Waals surface area contributed by atoms with Crippen molar-refractivity contribution in [3.63, 3.8) is 0 Å². The summed E-state index contributed by atoms with van der Waals surface area (Å²) < 4.78 is 5.57. The molecule has 1 aromatic rings. The highest BCUT2D eigenvalue weighted by atomic mass is 16.4. The summed E-state index contributed by atoms with van der Waals surface area (Å²) in [6.07, 6.45) is 2.06. The lowest BCUT2D eigenvalue weighted by Gasteiger charge is -2.29. The van der Waals surface area contributed by atoms with Gasteiger partial charge in [-0.2, -0.15) is 0 Å². The van der Waals surface area contributed by atoms with Crippen molar-refractivity contribution in [2.75, 3.05) is 13.1 Å². The summed E-state index contributed by atoms with van der Waals surface area (Å²) in [4.78, 5) is 25.1. The van der Waals surface area contributed by atoms with Gasteiger partial charge in [0.05, 0.1) is 0 Å². The molecule has 0 saturated carbocycles. The van der Waals surface area contributed by atoms with Gasteiger partial charge in [0.25, 0.3) is 5.91 Å². The molecule has 1 saturated heterocycles. The molecular weight excluding hydrogens is 244 g/mol. The molecule has 0 aliphatic carbocycles. The maximum atomic E-state index is 12.3. The van der Waals surface area contributed by atoms with Gasteiger partial charge in [-0.15, -0.1) is 0 Å². The minimum absolute atomic E-state index is 0.0919. The molecule has 0 atom stereocenters. The van der Waals surface area contributed by atoms with Crippen molar-refractivity contribution < 1.29 is 14.0 Å². The molecule has 2 heterocycles. The molecule has 2 rings (SSSR count). The van der Waals surface area contributed by atoms with Gasteiger partial charge in [-0.05, 0) is 31.4 Å². The van der Waals surface area contributed by atoms with Gasteiger partial charge in [-0.1, -0.05) is 6.92 Å². The highest BCUT2D eigenvalue weighted by molar-refractivity contribution is 5.92. The van der Waals surface area contributed by atoms with Crippen LogP contribution in [0, 0.1) is 12.8 Å². The first-order valence-electron chi connectivity index (χ1n) is 6.70. The van der Waals surface area contributed by atoms with Crippen LogP contribution in [-0.4, -0.2) is 29.8 Å². The number of nitrogens with zero attached hydrogens (tertiary/aromatic N) is 1. The Balaban J connectivity index is 2.03. The summed E-state index contributed by atoms with van der Waals surface area (Å²) in [5.41, 5.74) is 6.29. The van der Waals surface area contributed by atoms with E-state index >= 15 is 0 Å². The van der Waals surface area contributed by atoms with E-state index in [1.807, 2.05) is 13.8 Å². The second-order valence-corrected chi connectivity index (χ2v) is 5.04. The Bertz CT molecular complexity index is 485. The Kier molecular flexibility index (Phi) is 3.93. The summed E-state index contributed by atoms with van der Waals surface area (Å²) in [6, 6.07) is 1.79. The zero-order chi connectivity index (χ0) is 14.0. The maximum Gasteiger partial charge on any atom is 0.289 e. The van der Waals surface area contributed by atoms with Crippen LogP contribution in [0.1, 0.15) is 41.6 Å². The SMILES string of the molecule is CCc1oc(C(=O)N2CCC(C(N)=O)CC2)cc1C. The molecule has 0 radical (unpaired) electrons. The number of rotatable bonds is 3. The van der Waals surface area contributed by atoms with Crippen LogP contribution in [0.25, 0.3) is 0 Å². The van der Waals surface area contributed by atoms with Crippen LogP contribution in [0.4, 0.5) is 0 Å².